The predicted molar refractivity (Wildman–Crippen MR) is 110 cm³/mol. The molecule has 1 aromatic carbocycles. The van der Waals surface area contributed by atoms with Crippen molar-refractivity contribution in [1.82, 2.24) is 9.80 Å². The molecule has 10 nitrogen and oxygen atoms in total. The number of likely N-dealkylation sites (N-methyl/N-ethyl adjacent to an activating group) is 1. The molecule has 0 radical (unpaired) electrons. The summed E-state index contributed by atoms with van der Waals surface area (Å²) in [7, 11) is 1.78. The number of hydrogen-bond donors (Lipinski definition) is 2. The van der Waals surface area contributed by atoms with E-state index in [0.717, 1.165) is 12.8 Å². The zero-order valence-electron chi connectivity index (χ0n) is 16.5. The van der Waals surface area contributed by atoms with Crippen LogP contribution in [0.2, 0.25) is 0 Å². The number of benzene rings is 1. The van der Waals surface area contributed by atoms with E-state index in [1.165, 1.54) is 12.1 Å². The summed E-state index contributed by atoms with van der Waals surface area (Å²) < 4.78 is 5.27. The number of carbonyl (C=O) groups excluding carboxylic acids is 1. The molecule has 1 saturated heterocycles. The standard InChI is InChI=1S/C18H26N4O6.ClH/c1-3-28-14-4-5-15(16(10-14)22(26)27)19-17(23)11-21-8-6-13(7-9-21)20(2)12-18(24)25;/h4-5,10,13H,3,6-9,11-12H2,1-2H3,(H,19,23)(H,24,25);1H. The second kappa shape index (κ2) is 11.5. The number of likely N-dealkylation sites (tertiary alicyclic amines) is 1. The van der Waals surface area contributed by atoms with Crippen LogP contribution in [0.4, 0.5) is 11.4 Å². The first kappa shape index (κ1) is 24.6. The summed E-state index contributed by atoms with van der Waals surface area (Å²) >= 11 is 0. The monoisotopic (exact) mass is 430 g/mol. The van der Waals surface area contributed by atoms with Crippen molar-refractivity contribution in [2.75, 3.05) is 45.2 Å². The molecule has 0 aromatic heterocycles. The van der Waals surface area contributed by atoms with Crippen LogP contribution in [0.25, 0.3) is 0 Å². The third kappa shape index (κ3) is 7.48. The topological polar surface area (TPSA) is 125 Å². The van der Waals surface area contributed by atoms with Gasteiger partial charge in [-0.05, 0) is 38.9 Å². The van der Waals surface area contributed by atoms with Crippen molar-refractivity contribution in [1.29, 1.82) is 0 Å². The van der Waals surface area contributed by atoms with E-state index in [2.05, 4.69) is 5.32 Å². The Morgan fingerprint density at radius 2 is 2.03 bits per heavy atom. The maximum atomic E-state index is 12.3. The number of carboxylic acid groups (broad SMARTS) is 1. The highest BCUT2D eigenvalue weighted by Crippen LogP contribution is 2.29. The summed E-state index contributed by atoms with van der Waals surface area (Å²) in [6, 6.07) is 4.51. The first-order valence-electron chi connectivity index (χ1n) is 9.15. The maximum Gasteiger partial charge on any atom is 0.317 e. The van der Waals surface area contributed by atoms with Crippen LogP contribution in [0.1, 0.15) is 19.8 Å². The molecule has 0 bridgehead atoms. The van der Waals surface area contributed by atoms with Gasteiger partial charge in [0.1, 0.15) is 11.4 Å². The minimum atomic E-state index is -0.860. The minimum absolute atomic E-state index is 0. The molecule has 1 aromatic rings. The van der Waals surface area contributed by atoms with Gasteiger partial charge in [-0.2, -0.15) is 0 Å². The van der Waals surface area contributed by atoms with Gasteiger partial charge in [0.25, 0.3) is 5.69 Å². The van der Waals surface area contributed by atoms with Gasteiger partial charge in [-0.15, -0.1) is 12.4 Å². The number of amides is 1. The number of nitrogens with zero attached hydrogens (tertiary/aromatic N) is 3. The highest BCUT2D eigenvalue weighted by Gasteiger charge is 2.25. The Balaban J connectivity index is 0.00000420. The van der Waals surface area contributed by atoms with Crippen LogP contribution in [-0.2, 0) is 9.59 Å². The molecule has 1 fully saturated rings. The van der Waals surface area contributed by atoms with Gasteiger partial charge < -0.3 is 15.2 Å². The molecule has 29 heavy (non-hydrogen) atoms. The number of halogens is 1. The molecule has 162 valence electrons. The van der Waals surface area contributed by atoms with Crippen LogP contribution < -0.4 is 10.1 Å². The zero-order chi connectivity index (χ0) is 20.7. The number of hydrogen-bond acceptors (Lipinski definition) is 7. The van der Waals surface area contributed by atoms with Crippen molar-refractivity contribution in [2.24, 2.45) is 0 Å². The molecule has 1 aliphatic rings. The van der Waals surface area contributed by atoms with Gasteiger partial charge >= 0.3 is 5.97 Å². The summed E-state index contributed by atoms with van der Waals surface area (Å²) in [4.78, 5) is 37.6. The molecule has 1 heterocycles. The average Bonchev–Trinajstić information content (AvgIpc) is 2.63. The Kier molecular flexibility index (Phi) is 9.79. The van der Waals surface area contributed by atoms with Crippen molar-refractivity contribution in [3.8, 4) is 5.75 Å². The smallest absolute Gasteiger partial charge is 0.317 e. The van der Waals surface area contributed by atoms with Gasteiger partial charge in [-0.25, -0.2) is 0 Å². The molecule has 0 spiro atoms. The molecule has 1 amide bonds. The fraction of sp³-hybridized carbons (Fsp3) is 0.556. The maximum absolute atomic E-state index is 12.3. The summed E-state index contributed by atoms with van der Waals surface area (Å²) in [5.74, 6) is -0.814. The molecule has 0 saturated carbocycles. The Morgan fingerprint density at radius 1 is 1.38 bits per heavy atom. The lowest BCUT2D eigenvalue weighted by Crippen LogP contribution is -2.46. The molecule has 2 rings (SSSR count). The number of carbonyl (C=O) groups is 2. The van der Waals surface area contributed by atoms with Gasteiger partial charge in [0.05, 0.1) is 30.7 Å². The van der Waals surface area contributed by atoms with E-state index in [1.54, 1.807) is 20.0 Å². The lowest BCUT2D eigenvalue weighted by Gasteiger charge is -2.35. The van der Waals surface area contributed by atoms with Crippen LogP contribution in [0.15, 0.2) is 18.2 Å². The molecule has 0 atom stereocenters. The van der Waals surface area contributed by atoms with Crippen LogP contribution in [0.5, 0.6) is 5.75 Å². The van der Waals surface area contributed by atoms with Gasteiger partial charge in [0, 0.05) is 19.1 Å². The molecular weight excluding hydrogens is 404 g/mol. The van der Waals surface area contributed by atoms with E-state index in [0.29, 0.717) is 25.4 Å². The third-order valence-electron chi connectivity index (χ3n) is 4.68. The van der Waals surface area contributed by atoms with E-state index in [4.69, 9.17) is 9.84 Å². The second-order valence-electron chi connectivity index (χ2n) is 6.73. The second-order valence-corrected chi connectivity index (χ2v) is 6.73. The SMILES string of the molecule is CCOc1ccc(NC(=O)CN2CCC(N(C)CC(=O)O)CC2)c([N+](=O)[O-])c1.Cl. The van der Waals surface area contributed by atoms with Crippen molar-refractivity contribution in [2.45, 2.75) is 25.8 Å². The van der Waals surface area contributed by atoms with E-state index in [1.807, 2.05) is 9.80 Å². The summed E-state index contributed by atoms with van der Waals surface area (Å²) in [5.41, 5.74) is -0.0807. The average molecular weight is 431 g/mol. The number of nitro benzene ring substituents is 1. The highest BCUT2D eigenvalue weighted by molar-refractivity contribution is 5.94. The lowest BCUT2D eigenvalue weighted by molar-refractivity contribution is -0.384. The highest BCUT2D eigenvalue weighted by atomic mass is 35.5. The van der Waals surface area contributed by atoms with Gasteiger partial charge in [-0.1, -0.05) is 0 Å². The number of carboxylic acids is 1. The Hall–Kier alpha value is -2.43. The largest absolute Gasteiger partial charge is 0.494 e. The number of aliphatic carboxylic acids is 1. The lowest BCUT2D eigenvalue weighted by atomic mass is 10.0. The van der Waals surface area contributed by atoms with Crippen LogP contribution >= 0.6 is 12.4 Å². The third-order valence-corrected chi connectivity index (χ3v) is 4.68. The number of piperidine rings is 1. The first-order valence-corrected chi connectivity index (χ1v) is 9.15. The molecule has 2 N–H and O–H groups in total. The zero-order valence-corrected chi connectivity index (χ0v) is 17.3. The first-order chi connectivity index (χ1) is 13.3. The Bertz CT molecular complexity index is 724. The van der Waals surface area contributed by atoms with E-state index in [9.17, 15) is 19.7 Å². The fourth-order valence-corrected chi connectivity index (χ4v) is 3.28. The molecule has 11 heteroatoms. The van der Waals surface area contributed by atoms with E-state index >= 15 is 0 Å². The number of anilines is 1. The number of nitro groups is 1. The van der Waals surface area contributed by atoms with E-state index < -0.39 is 10.9 Å². The quantitative estimate of drug-likeness (QED) is 0.449. The Labute approximate surface area is 175 Å². The van der Waals surface area contributed by atoms with Gasteiger partial charge in [0.2, 0.25) is 5.91 Å². The van der Waals surface area contributed by atoms with Crippen molar-refractivity contribution < 1.29 is 24.4 Å². The van der Waals surface area contributed by atoms with E-state index in [-0.39, 0.29) is 48.8 Å². The summed E-state index contributed by atoms with van der Waals surface area (Å²) in [5, 5.41) is 22.7. The van der Waals surface area contributed by atoms with Crippen molar-refractivity contribution in [3.05, 3.63) is 28.3 Å². The van der Waals surface area contributed by atoms with Crippen LogP contribution in [0.3, 0.4) is 0 Å². The number of ether oxygens (including phenoxy) is 1. The normalized spacial score (nSPS) is 14.9. The van der Waals surface area contributed by atoms with Gasteiger partial charge in [-0.3, -0.25) is 29.5 Å². The molecule has 0 aliphatic carbocycles. The number of rotatable bonds is 9. The summed E-state index contributed by atoms with van der Waals surface area (Å²) in [6.07, 6.45) is 1.53. The van der Waals surface area contributed by atoms with Gasteiger partial charge in [0.15, 0.2) is 0 Å². The van der Waals surface area contributed by atoms with Crippen LogP contribution in [0, 0.1) is 10.1 Å². The number of nitrogens with one attached hydrogen (secondary N) is 1. The molecular formula is C18H27ClN4O6. The van der Waals surface area contributed by atoms with Crippen molar-refractivity contribution >= 4 is 35.7 Å². The molecule has 0 unspecified atom stereocenters. The Morgan fingerprint density at radius 3 is 2.59 bits per heavy atom. The predicted octanol–water partition coefficient (Wildman–Crippen LogP) is 1.83. The summed E-state index contributed by atoms with van der Waals surface area (Å²) in [6.45, 7) is 3.61. The van der Waals surface area contributed by atoms with Crippen molar-refractivity contribution in [3.63, 3.8) is 0 Å². The molecule has 1 aliphatic heterocycles. The minimum Gasteiger partial charge on any atom is -0.494 e. The fourth-order valence-electron chi connectivity index (χ4n) is 3.28. The van der Waals surface area contributed by atoms with Crippen LogP contribution in [-0.4, -0.2) is 77.6 Å².